The van der Waals surface area contributed by atoms with Crippen LogP contribution in [0.3, 0.4) is 0 Å². The Hall–Kier alpha value is -4.52. The zero-order valence-electron chi connectivity index (χ0n) is 25.0. The number of hydrogen-bond donors (Lipinski definition) is 0. The molecule has 0 radical (unpaired) electrons. The molecule has 0 amide bonds. The fraction of sp³-hybridized carbons (Fsp3) is 0.200. The van der Waals surface area contributed by atoms with Gasteiger partial charge in [0.1, 0.15) is 11.5 Å². The SMILES string of the molecule is CC(=O)Sc1ccc(C#Cc2cc(C3=C(c4cc(C#Cc5ccc(SC(C)=O)cc5)oc4C)C(F)(F)C(F)(F)C3(F)F)c(C)o2)cc1. The van der Waals surface area contributed by atoms with Crippen molar-refractivity contribution in [3.63, 3.8) is 0 Å². The van der Waals surface area contributed by atoms with Crippen LogP contribution in [0.1, 0.15) is 59.1 Å². The summed E-state index contributed by atoms with van der Waals surface area (Å²) in [6.07, 6.45) is 0. The summed E-state index contributed by atoms with van der Waals surface area (Å²) in [4.78, 5) is 23.9. The van der Waals surface area contributed by atoms with Crippen LogP contribution in [0, 0.1) is 37.5 Å². The molecule has 4 nitrogen and oxygen atoms in total. The van der Waals surface area contributed by atoms with Gasteiger partial charge < -0.3 is 8.83 Å². The summed E-state index contributed by atoms with van der Waals surface area (Å²) >= 11 is 2.03. The first-order valence-electron chi connectivity index (χ1n) is 13.7. The number of carbonyl (C=O) groups excluding carboxylic acids is 2. The van der Waals surface area contributed by atoms with Gasteiger partial charge in [-0.3, -0.25) is 9.59 Å². The monoisotopic (exact) mass is 684 g/mol. The molecule has 2 aromatic carbocycles. The van der Waals surface area contributed by atoms with E-state index < -0.39 is 40.0 Å². The van der Waals surface area contributed by atoms with E-state index >= 15 is 17.6 Å². The van der Waals surface area contributed by atoms with Gasteiger partial charge in [0.15, 0.2) is 21.8 Å². The van der Waals surface area contributed by atoms with Gasteiger partial charge in [-0.15, -0.1) is 0 Å². The third kappa shape index (κ3) is 6.53. The molecule has 0 aliphatic heterocycles. The van der Waals surface area contributed by atoms with Gasteiger partial charge >= 0.3 is 17.8 Å². The van der Waals surface area contributed by atoms with Crippen molar-refractivity contribution >= 4 is 44.9 Å². The Balaban J connectivity index is 1.55. The van der Waals surface area contributed by atoms with Crippen molar-refractivity contribution < 1.29 is 44.8 Å². The van der Waals surface area contributed by atoms with Gasteiger partial charge in [-0.25, -0.2) is 0 Å². The molecule has 2 aromatic heterocycles. The molecule has 240 valence electrons. The van der Waals surface area contributed by atoms with E-state index in [0.29, 0.717) is 20.9 Å². The first-order valence-corrected chi connectivity index (χ1v) is 15.4. The molecule has 0 N–H and O–H groups in total. The summed E-state index contributed by atoms with van der Waals surface area (Å²) in [5, 5.41) is -0.225. The van der Waals surface area contributed by atoms with E-state index in [-0.39, 0.29) is 33.3 Å². The van der Waals surface area contributed by atoms with Crippen LogP contribution in [-0.2, 0) is 9.59 Å². The highest BCUT2D eigenvalue weighted by Crippen LogP contribution is 2.65. The second-order valence-corrected chi connectivity index (χ2v) is 12.9. The smallest absolute Gasteiger partial charge is 0.380 e. The second-order valence-electron chi connectivity index (χ2n) is 10.4. The lowest BCUT2D eigenvalue weighted by Gasteiger charge is -2.25. The minimum Gasteiger partial charge on any atom is -0.452 e. The number of alkyl halides is 6. The number of halogens is 6. The predicted molar refractivity (Wildman–Crippen MR) is 166 cm³/mol. The van der Waals surface area contributed by atoms with E-state index in [1.165, 1.54) is 27.7 Å². The topological polar surface area (TPSA) is 60.4 Å². The molecule has 1 aliphatic carbocycles. The lowest BCUT2D eigenvalue weighted by atomic mass is 9.95. The molecule has 2 heterocycles. The maximum Gasteiger partial charge on any atom is 0.380 e. The Labute approximate surface area is 274 Å². The van der Waals surface area contributed by atoms with Crippen LogP contribution in [0.15, 0.2) is 79.3 Å². The molecule has 0 fully saturated rings. The molecular formula is C35H22F6O4S2. The molecule has 0 atom stereocenters. The maximum atomic E-state index is 15.4. The van der Waals surface area contributed by atoms with Crippen LogP contribution >= 0.6 is 23.5 Å². The van der Waals surface area contributed by atoms with Crippen LogP contribution in [-0.4, -0.2) is 28.0 Å². The molecule has 0 unspecified atom stereocenters. The van der Waals surface area contributed by atoms with Crippen molar-refractivity contribution in [1.29, 1.82) is 0 Å². The van der Waals surface area contributed by atoms with Crippen LogP contribution in [0.5, 0.6) is 0 Å². The highest BCUT2D eigenvalue weighted by Gasteiger charge is 2.80. The minimum atomic E-state index is -5.78. The zero-order valence-corrected chi connectivity index (χ0v) is 26.6. The third-order valence-corrected chi connectivity index (χ3v) is 8.52. The number of aryl methyl sites for hydroxylation is 2. The first-order chi connectivity index (χ1) is 22.0. The summed E-state index contributed by atoms with van der Waals surface area (Å²) in [7, 11) is 0. The van der Waals surface area contributed by atoms with Gasteiger partial charge in [-0.05, 0) is 74.2 Å². The summed E-state index contributed by atoms with van der Waals surface area (Å²) in [5.41, 5.74) is -3.59. The number of hydrogen-bond acceptors (Lipinski definition) is 6. The number of benzene rings is 2. The highest BCUT2D eigenvalue weighted by atomic mass is 32.2. The van der Waals surface area contributed by atoms with E-state index in [0.717, 1.165) is 35.7 Å². The normalized spacial score (nSPS) is 15.9. The van der Waals surface area contributed by atoms with Gasteiger partial charge in [0.2, 0.25) is 0 Å². The third-order valence-electron chi connectivity index (χ3n) is 6.93. The van der Waals surface area contributed by atoms with Gasteiger partial charge in [0.25, 0.3) is 0 Å². The minimum absolute atomic E-state index is 0.112. The fourth-order valence-corrected chi connectivity index (χ4v) is 6.04. The zero-order chi connectivity index (χ0) is 34.3. The molecule has 1 aliphatic rings. The molecule has 0 bridgehead atoms. The van der Waals surface area contributed by atoms with Gasteiger partial charge in [0.05, 0.1) is 0 Å². The van der Waals surface area contributed by atoms with Crippen molar-refractivity contribution in [2.75, 3.05) is 0 Å². The van der Waals surface area contributed by atoms with Crippen LogP contribution in [0.2, 0.25) is 0 Å². The Morgan fingerprint density at radius 2 is 0.936 bits per heavy atom. The lowest BCUT2D eigenvalue weighted by molar-refractivity contribution is -0.254. The van der Waals surface area contributed by atoms with Crippen molar-refractivity contribution in [1.82, 2.24) is 0 Å². The largest absolute Gasteiger partial charge is 0.452 e. The lowest BCUT2D eigenvalue weighted by Crippen LogP contribution is -2.48. The maximum absolute atomic E-state index is 15.4. The molecular weight excluding hydrogens is 663 g/mol. The van der Waals surface area contributed by atoms with Crippen molar-refractivity contribution in [2.45, 2.75) is 55.3 Å². The first kappa shape index (κ1) is 33.8. The average molecular weight is 685 g/mol. The Morgan fingerprint density at radius 1 is 0.596 bits per heavy atom. The molecule has 0 saturated carbocycles. The summed E-state index contributed by atoms with van der Waals surface area (Å²) < 4.78 is 102. The summed E-state index contributed by atoms with van der Waals surface area (Å²) in [6, 6.07) is 14.8. The standard InChI is InChI=1S/C35H22F6O4S2/c1-19-29(17-25(44-19)11-5-23-7-13-27(14-8-23)46-21(3)42)31-32(34(38,39)35(40,41)33(31,36)37)30-18-26(45-20(30)2)12-6-24-9-15-28(16-10-24)47-22(4)43/h7-10,13-18H,1-4H3. The average Bonchev–Trinajstić information content (AvgIpc) is 3.57. The summed E-state index contributed by atoms with van der Waals surface area (Å²) in [5.74, 6) is -6.79. The summed E-state index contributed by atoms with van der Waals surface area (Å²) in [6.45, 7) is 5.19. The fourth-order valence-electron chi connectivity index (χ4n) is 4.83. The molecule has 47 heavy (non-hydrogen) atoms. The van der Waals surface area contributed by atoms with E-state index in [1.54, 1.807) is 48.5 Å². The molecule has 5 rings (SSSR count). The van der Waals surface area contributed by atoms with E-state index in [9.17, 15) is 18.4 Å². The highest BCUT2D eigenvalue weighted by molar-refractivity contribution is 8.13. The van der Waals surface area contributed by atoms with E-state index in [1.807, 2.05) is 0 Å². The van der Waals surface area contributed by atoms with Gasteiger partial charge in [0, 0.05) is 69.2 Å². The number of allylic oxidation sites excluding steroid dienone is 2. The number of thioether (sulfide) groups is 2. The van der Waals surface area contributed by atoms with Crippen molar-refractivity contribution in [3.05, 3.63) is 106 Å². The predicted octanol–water partition coefficient (Wildman–Crippen LogP) is 9.40. The molecule has 0 spiro atoms. The van der Waals surface area contributed by atoms with E-state index in [4.69, 9.17) is 8.83 Å². The Bertz CT molecular complexity index is 1900. The number of carbonyl (C=O) groups is 2. The Morgan fingerprint density at radius 3 is 1.26 bits per heavy atom. The van der Waals surface area contributed by atoms with Crippen LogP contribution < -0.4 is 0 Å². The molecule has 12 heteroatoms. The molecule has 4 aromatic rings. The van der Waals surface area contributed by atoms with Gasteiger partial charge in [-0.1, -0.05) is 35.4 Å². The number of furan rings is 2. The number of rotatable bonds is 4. The van der Waals surface area contributed by atoms with Gasteiger partial charge in [-0.2, -0.15) is 26.3 Å². The van der Waals surface area contributed by atoms with Crippen LogP contribution in [0.25, 0.3) is 11.1 Å². The van der Waals surface area contributed by atoms with Crippen molar-refractivity contribution in [3.8, 4) is 23.7 Å². The van der Waals surface area contributed by atoms with Crippen molar-refractivity contribution in [2.24, 2.45) is 0 Å². The quantitative estimate of drug-likeness (QED) is 0.121. The van der Waals surface area contributed by atoms with E-state index in [2.05, 4.69) is 23.7 Å². The Kier molecular flexibility index (Phi) is 9.06. The van der Waals surface area contributed by atoms with Crippen LogP contribution in [0.4, 0.5) is 26.3 Å². The second kappa shape index (κ2) is 12.6. The molecule has 0 saturated heterocycles.